The van der Waals surface area contributed by atoms with Crippen molar-refractivity contribution >= 4 is 5.97 Å². The van der Waals surface area contributed by atoms with Gasteiger partial charge in [-0.15, -0.1) is 0 Å². The molecule has 5 nitrogen and oxygen atoms in total. The van der Waals surface area contributed by atoms with Crippen LogP contribution in [0, 0.1) is 22.5 Å². The van der Waals surface area contributed by atoms with Crippen LogP contribution in [0.25, 0.3) is 11.1 Å². The Labute approximate surface area is 228 Å². The van der Waals surface area contributed by atoms with Gasteiger partial charge in [0.25, 0.3) is 0 Å². The summed E-state index contributed by atoms with van der Waals surface area (Å²) in [6.07, 6.45) is 4.53. The van der Waals surface area contributed by atoms with Crippen molar-refractivity contribution in [1.82, 2.24) is 4.98 Å². The molecule has 1 fully saturated rings. The minimum absolute atomic E-state index is 0.0677. The van der Waals surface area contributed by atoms with E-state index < -0.39 is 28.4 Å². The van der Waals surface area contributed by atoms with Crippen LogP contribution in [0.3, 0.4) is 0 Å². The largest absolute Gasteiger partial charge is 0.486 e. The normalized spacial score (nSPS) is 21.9. The number of methoxy groups -OCH3 is 1. The van der Waals surface area contributed by atoms with Gasteiger partial charge < -0.3 is 14.6 Å². The maximum Gasteiger partial charge on any atom is 0.310 e. The van der Waals surface area contributed by atoms with Crippen LogP contribution in [0.1, 0.15) is 69.2 Å². The summed E-state index contributed by atoms with van der Waals surface area (Å²) in [5, 5.41) is 9.84. The molecule has 0 unspecified atom stereocenters. The van der Waals surface area contributed by atoms with Gasteiger partial charge in [-0.3, -0.25) is 4.79 Å². The molecule has 2 aliphatic rings. The maximum atomic E-state index is 15.9. The van der Waals surface area contributed by atoms with Gasteiger partial charge in [-0.05, 0) is 72.8 Å². The van der Waals surface area contributed by atoms with Crippen molar-refractivity contribution < 1.29 is 28.2 Å². The number of hydrogen-bond donors (Lipinski definition) is 1. The molecular weight excluding hydrogens is 500 g/mol. The van der Waals surface area contributed by atoms with Crippen LogP contribution in [0.2, 0.25) is 0 Å². The minimum atomic E-state index is -0.954. The monoisotopic (exact) mass is 535 g/mol. The van der Waals surface area contributed by atoms with Gasteiger partial charge in [0.2, 0.25) is 5.88 Å². The zero-order valence-electron chi connectivity index (χ0n) is 23.2. The first-order valence-electron chi connectivity index (χ1n) is 13.4. The first kappa shape index (κ1) is 27.1. The molecule has 1 saturated carbocycles. The number of pyridine rings is 1. The molecule has 2 aromatic carbocycles. The van der Waals surface area contributed by atoms with Crippen LogP contribution in [0.4, 0.5) is 8.78 Å². The van der Waals surface area contributed by atoms with Crippen molar-refractivity contribution in [2.24, 2.45) is 10.8 Å². The summed E-state index contributed by atoms with van der Waals surface area (Å²) in [6.45, 7) is 8.19. The SMILES string of the molecule is COc1cc(-c2ccc(COc3ccc4c(c3F)[C@]3(CCC4)C[C@@]3(C)C(=O)O)cc2CC(C)(C)C)c(F)cn1. The molecule has 7 heteroatoms. The van der Waals surface area contributed by atoms with Gasteiger partial charge >= 0.3 is 5.97 Å². The number of benzene rings is 2. The standard InChI is InChI=1S/C32H35F2NO4/c1-30(2,3)15-21-13-19(8-10-22(21)23-14-26(38-5)35-16-24(23)33)17-39-25-11-9-20-7-6-12-32(27(20)28(25)34)18-31(32,4)29(36)37/h8-11,13-14,16H,6-7,12,15,17-18H2,1-5H3,(H,36,37)/t31-,32-/m0/s1. The second-order valence-corrected chi connectivity index (χ2v) is 12.4. The molecule has 2 aliphatic carbocycles. The van der Waals surface area contributed by atoms with Gasteiger partial charge in [0.05, 0.1) is 18.7 Å². The van der Waals surface area contributed by atoms with Crippen molar-refractivity contribution in [3.8, 4) is 22.8 Å². The predicted octanol–water partition coefficient (Wildman–Crippen LogP) is 7.27. The van der Waals surface area contributed by atoms with Crippen molar-refractivity contribution in [3.05, 3.63) is 76.5 Å². The van der Waals surface area contributed by atoms with E-state index in [4.69, 9.17) is 9.47 Å². The van der Waals surface area contributed by atoms with Crippen LogP contribution < -0.4 is 9.47 Å². The first-order chi connectivity index (χ1) is 18.4. The number of carboxylic acid groups (broad SMARTS) is 1. The van der Waals surface area contributed by atoms with Crippen LogP contribution in [0.15, 0.2) is 42.6 Å². The highest BCUT2D eigenvalue weighted by Gasteiger charge is 2.71. The molecule has 1 spiro atoms. The molecule has 3 aromatic rings. The van der Waals surface area contributed by atoms with Gasteiger partial charge in [0.15, 0.2) is 11.6 Å². The lowest BCUT2D eigenvalue weighted by Gasteiger charge is -2.29. The predicted molar refractivity (Wildman–Crippen MR) is 145 cm³/mol. The fourth-order valence-corrected chi connectivity index (χ4v) is 6.32. The van der Waals surface area contributed by atoms with Crippen molar-refractivity contribution in [3.63, 3.8) is 0 Å². The molecule has 0 radical (unpaired) electrons. The molecule has 1 aromatic heterocycles. The molecular formula is C32H35F2NO4. The van der Waals surface area contributed by atoms with Crippen LogP contribution >= 0.6 is 0 Å². The Bertz CT molecular complexity index is 1450. The van der Waals surface area contributed by atoms with Gasteiger partial charge in [-0.1, -0.05) is 45.0 Å². The second-order valence-electron chi connectivity index (χ2n) is 12.4. The number of aliphatic carboxylic acids is 1. The first-order valence-corrected chi connectivity index (χ1v) is 13.4. The number of halogens is 2. The van der Waals surface area contributed by atoms with E-state index in [1.54, 1.807) is 19.1 Å². The number of carbonyl (C=O) groups is 1. The van der Waals surface area contributed by atoms with Gasteiger partial charge in [-0.25, -0.2) is 13.8 Å². The number of rotatable bonds is 7. The zero-order valence-corrected chi connectivity index (χ0v) is 23.2. The van der Waals surface area contributed by atoms with Gasteiger partial charge in [-0.2, -0.15) is 0 Å². The summed E-state index contributed by atoms with van der Waals surface area (Å²) in [5.74, 6) is -1.31. The Morgan fingerprint density at radius 3 is 2.56 bits per heavy atom. The highest BCUT2D eigenvalue weighted by molar-refractivity contribution is 5.82. The van der Waals surface area contributed by atoms with Crippen molar-refractivity contribution in [2.45, 2.75) is 71.8 Å². The molecule has 0 bridgehead atoms. The summed E-state index contributed by atoms with van der Waals surface area (Å²) >= 11 is 0. The molecule has 1 heterocycles. The highest BCUT2D eigenvalue weighted by Crippen LogP contribution is 2.69. The molecule has 1 N–H and O–H groups in total. The summed E-state index contributed by atoms with van der Waals surface area (Å²) in [5.41, 5.74) is 2.62. The Balaban J connectivity index is 1.46. The highest BCUT2D eigenvalue weighted by atomic mass is 19.1. The zero-order chi connectivity index (χ0) is 28.2. The van der Waals surface area contributed by atoms with E-state index in [0.29, 0.717) is 36.3 Å². The van der Waals surface area contributed by atoms with Crippen molar-refractivity contribution in [2.75, 3.05) is 7.11 Å². The summed E-state index contributed by atoms with van der Waals surface area (Å²) in [7, 11) is 1.49. The summed E-state index contributed by atoms with van der Waals surface area (Å²) in [4.78, 5) is 16.0. The molecule has 2 atom stereocenters. The maximum absolute atomic E-state index is 15.9. The quantitative estimate of drug-likeness (QED) is 0.345. The Morgan fingerprint density at radius 2 is 1.90 bits per heavy atom. The molecule has 0 aliphatic heterocycles. The van der Waals surface area contributed by atoms with Crippen molar-refractivity contribution in [1.29, 1.82) is 0 Å². The molecule has 206 valence electrons. The van der Waals surface area contributed by atoms with Crippen LogP contribution in [-0.4, -0.2) is 23.2 Å². The third-order valence-electron chi connectivity index (χ3n) is 8.39. The average Bonchev–Trinajstić information content (AvgIpc) is 3.48. The Morgan fingerprint density at radius 1 is 1.13 bits per heavy atom. The fourth-order valence-electron chi connectivity index (χ4n) is 6.32. The van der Waals surface area contributed by atoms with Crippen LogP contribution in [0.5, 0.6) is 11.6 Å². The lowest BCUT2D eigenvalue weighted by atomic mass is 9.75. The van der Waals surface area contributed by atoms with E-state index in [1.165, 1.54) is 7.11 Å². The van der Waals surface area contributed by atoms with E-state index >= 15 is 4.39 Å². The van der Waals surface area contributed by atoms with E-state index in [0.717, 1.165) is 41.3 Å². The topological polar surface area (TPSA) is 68.7 Å². The van der Waals surface area contributed by atoms with Gasteiger partial charge in [0, 0.05) is 22.6 Å². The number of aromatic nitrogens is 1. The van der Waals surface area contributed by atoms with E-state index in [9.17, 15) is 14.3 Å². The third-order valence-corrected chi connectivity index (χ3v) is 8.39. The Hall–Kier alpha value is -3.48. The molecule has 0 amide bonds. The lowest BCUT2D eigenvalue weighted by Crippen LogP contribution is -2.29. The summed E-state index contributed by atoms with van der Waals surface area (Å²) < 4.78 is 41.9. The van der Waals surface area contributed by atoms with Gasteiger partial charge in [0.1, 0.15) is 12.4 Å². The second kappa shape index (κ2) is 9.61. The number of fused-ring (bicyclic) bond motifs is 2. The number of aryl methyl sites for hydroxylation is 1. The number of nitrogens with zero attached hydrogens (tertiary/aromatic N) is 1. The van der Waals surface area contributed by atoms with E-state index in [-0.39, 0.29) is 17.8 Å². The Kier molecular flexibility index (Phi) is 6.68. The minimum Gasteiger partial charge on any atom is -0.486 e. The summed E-state index contributed by atoms with van der Waals surface area (Å²) in [6, 6.07) is 10.8. The molecule has 5 rings (SSSR count). The fraction of sp³-hybridized carbons (Fsp3) is 0.438. The number of ether oxygens (including phenoxy) is 2. The smallest absolute Gasteiger partial charge is 0.310 e. The molecule has 39 heavy (non-hydrogen) atoms. The van der Waals surface area contributed by atoms with E-state index in [1.807, 2.05) is 24.3 Å². The van der Waals surface area contributed by atoms with E-state index in [2.05, 4.69) is 25.8 Å². The third kappa shape index (κ3) is 4.77. The number of hydrogen-bond acceptors (Lipinski definition) is 4. The lowest BCUT2D eigenvalue weighted by molar-refractivity contribution is -0.143. The van der Waals surface area contributed by atoms with Crippen LogP contribution in [-0.2, 0) is 29.7 Å². The number of carboxylic acids is 1. The average molecular weight is 536 g/mol. The molecule has 0 saturated heterocycles.